The summed E-state index contributed by atoms with van der Waals surface area (Å²) < 4.78 is 34.6. The third-order valence-electron chi connectivity index (χ3n) is 2.52. The molecule has 7 heteroatoms. The molecule has 0 aliphatic heterocycles. The first kappa shape index (κ1) is 20.7. The van der Waals surface area contributed by atoms with Gasteiger partial charge in [-0.2, -0.15) is 0 Å². The van der Waals surface area contributed by atoms with Gasteiger partial charge in [-0.25, -0.2) is 4.57 Å². The smallest absolute Gasteiger partial charge is 0.469 e. The second-order valence-electron chi connectivity index (χ2n) is 7.31. The van der Waals surface area contributed by atoms with Crippen LogP contribution in [0.4, 0.5) is 0 Å². The lowest BCUT2D eigenvalue weighted by molar-refractivity contribution is -0.139. The summed E-state index contributed by atoms with van der Waals surface area (Å²) in [5.41, 5.74) is -0.935. The fourth-order valence-electron chi connectivity index (χ4n) is 1.81. The van der Waals surface area contributed by atoms with Crippen LogP contribution < -0.4 is 4.52 Å². The number of benzene rings is 1. The van der Waals surface area contributed by atoms with E-state index in [0.29, 0.717) is 5.56 Å². The number of ether oxygens (including phenoxy) is 1. The second-order valence-corrected chi connectivity index (χ2v) is 8.75. The highest BCUT2D eigenvalue weighted by Crippen LogP contribution is 2.55. The van der Waals surface area contributed by atoms with E-state index in [9.17, 15) is 9.36 Å². The minimum absolute atomic E-state index is 0.00227. The number of methoxy groups -OCH3 is 1. The van der Waals surface area contributed by atoms with E-state index in [4.69, 9.17) is 13.6 Å². The number of phosphoric acid groups is 1. The van der Waals surface area contributed by atoms with Crippen molar-refractivity contribution in [2.75, 3.05) is 7.11 Å². The molecule has 6 nitrogen and oxygen atoms in total. The average molecular weight is 358 g/mol. The van der Waals surface area contributed by atoms with Gasteiger partial charge in [0.05, 0.1) is 24.7 Å². The molecule has 0 bridgehead atoms. The molecule has 0 aliphatic carbocycles. The maximum Gasteiger partial charge on any atom is 0.531 e. The van der Waals surface area contributed by atoms with Gasteiger partial charge >= 0.3 is 13.8 Å². The van der Waals surface area contributed by atoms with Crippen molar-refractivity contribution in [2.45, 2.75) is 59.2 Å². The summed E-state index contributed by atoms with van der Waals surface area (Å²) in [5, 5.41) is 0. The molecule has 1 rings (SSSR count). The maximum absolute atomic E-state index is 13.1. The topological polar surface area (TPSA) is 71.1 Å². The first-order valence-electron chi connectivity index (χ1n) is 7.69. The zero-order valence-electron chi connectivity index (χ0n) is 15.4. The monoisotopic (exact) mass is 358 g/mol. The predicted molar refractivity (Wildman–Crippen MR) is 92.1 cm³/mol. The summed E-state index contributed by atoms with van der Waals surface area (Å²) >= 11 is 0. The molecule has 0 radical (unpaired) electrons. The van der Waals surface area contributed by atoms with Gasteiger partial charge < -0.3 is 9.26 Å². The first-order valence-corrected chi connectivity index (χ1v) is 9.15. The lowest BCUT2D eigenvalue weighted by atomic mass is 10.1. The third-order valence-corrected chi connectivity index (χ3v) is 4.48. The molecule has 0 heterocycles. The van der Waals surface area contributed by atoms with Gasteiger partial charge in [-0.1, -0.05) is 18.2 Å². The molecule has 1 aromatic carbocycles. The molecule has 0 spiro atoms. The summed E-state index contributed by atoms with van der Waals surface area (Å²) in [7, 11) is -2.61. The summed E-state index contributed by atoms with van der Waals surface area (Å²) in [4.78, 5) is 11.5. The van der Waals surface area contributed by atoms with Crippen LogP contribution in [0.25, 0.3) is 0 Å². The number of carbonyl (C=O) groups is 1. The molecule has 0 N–H and O–H groups in total. The van der Waals surface area contributed by atoms with Crippen molar-refractivity contribution in [2.24, 2.45) is 0 Å². The van der Waals surface area contributed by atoms with Crippen LogP contribution >= 0.6 is 7.82 Å². The van der Waals surface area contributed by atoms with Gasteiger partial charge in [-0.15, -0.1) is 0 Å². The Morgan fingerprint density at radius 1 is 1.00 bits per heavy atom. The highest BCUT2D eigenvalue weighted by molar-refractivity contribution is 7.49. The molecule has 0 atom stereocenters. The van der Waals surface area contributed by atoms with Crippen LogP contribution in [0.3, 0.4) is 0 Å². The number of esters is 1. The van der Waals surface area contributed by atoms with Crippen LogP contribution in [0.2, 0.25) is 0 Å². The summed E-state index contributed by atoms with van der Waals surface area (Å²) in [6.45, 7) is 10.6. The van der Waals surface area contributed by atoms with Crippen LogP contribution in [-0.4, -0.2) is 24.3 Å². The van der Waals surface area contributed by atoms with E-state index in [1.54, 1.807) is 65.8 Å². The van der Waals surface area contributed by atoms with E-state index >= 15 is 0 Å². The highest BCUT2D eigenvalue weighted by atomic mass is 31.2. The molecular weight excluding hydrogens is 331 g/mol. The molecule has 0 aromatic heterocycles. The number of rotatable bonds is 6. The standard InChI is InChI=1S/C17H27O6P/c1-16(2,3)22-24(19,23-17(4,5)6)21-14-11-9-8-10-13(14)12-15(18)20-7/h8-11H,12H2,1-7H3. The number of phosphoric ester groups is 1. The Hall–Kier alpha value is -1.36. The molecular formula is C17H27O6P. The van der Waals surface area contributed by atoms with E-state index in [0.717, 1.165) is 0 Å². The fourth-order valence-corrected chi connectivity index (χ4v) is 3.69. The van der Waals surface area contributed by atoms with Crippen molar-refractivity contribution in [3.8, 4) is 5.75 Å². The molecule has 0 fully saturated rings. The first-order chi connectivity index (χ1) is 10.8. The van der Waals surface area contributed by atoms with E-state index in [2.05, 4.69) is 4.74 Å². The molecule has 0 amide bonds. The van der Waals surface area contributed by atoms with Crippen molar-refractivity contribution in [1.29, 1.82) is 0 Å². The quantitative estimate of drug-likeness (QED) is 0.550. The minimum Gasteiger partial charge on any atom is -0.469 e. The summed E-state index contributed by atoms with van der Waals surface area (Å²) in [6, 6.07) is 6.79. The largest absolute Gasteiger partial charge is 0.531 e. The fraction of sp³-hybridized carbons (Fsp3) is 0.588. The third kappa shape index (κ3) is 7.47. The van der Waals surface area contributed by atoms with Gasteiger partial charge in [0.25, 0.3) is 0 Å². The normalized spacial score (nSPS) is 12.8. The Balaban J connectivity index is 3.15. The molecule has 0 saturated heterocycles. The lowest BCUT2D eigenvalue weighted by Crippen LogP contribution is -2.25. The number of hydrogen-bond acceptors (Lipinski definition) is 6. The Morgan fingerprint density at radius 3 is 1.96 bits per heavy atom. The lowest BCUT2D eigenvalue weighted by Gasteiger charge is -2.31. The Bertz CT molecular complexity index is 592. The van der Waals surface area contributed by atoms with E-state index < -0.39 is 25.0 Å². The molecule has 1 aromatic rings. The van der Waals surface area contributed by atoms with Crippen molar-refractivity contribution in [3.63, 3.8) is 0 Å². The van der Waals surface area contributed by atoms with Gasteiger partial charge in [0.15, 0.2) is 0 Å². The van der Waals surface area contributed by atoms with E-state index in [-0.39, 0.29) is 12.2 Å². The van der Waals surface area contributed by atoms with Gasteiger partial charge in [0, 0.05) is 5.56 Å². The Labute approximate surface area is 144 Å². The Kier molecular flexibility index (Phi) is 6.62. The number of hydrogen-bond donors (Lipinski definition) is 0. The predicted octanol–water partition coefficient (Wildman–Crippen LogP) is 4.52. The minimum atomic E-state index is -3.92. The van der Waals surface area contributed by atoms with E-state index in [1.165, 1.54) is 7.11 Å². The van der Waals surface area contributed by atoms with Crippen molar-refractivity contribution >= 4 is 13.8 Å². The molecule has 0 saturated carbocycles. The van der Waals surface area contributed by atoms with Crippen molar-refractivity contribution in [1.82, 2.24) is 0 Å². The van der Waals surface area contributed by atoms with Gasteiger partial charge in [-0.3, -0.25) is 13.8 Å². The average Bonchev–Trinajstić information content (AvgIpc) is 2.36. The summed E-state index contributed by atoms with van der Waals surface area (Å²) in [5.74, 6) is -0.158. The maximum atomic E-state index is 13.1. The van der Waals surface area contributed by atoms with Crippen molar-refractivity contribution < 1.29 is 27.7 Å². The van der Waals surface area contributed by atoms with Crippen LogP contribution in [0, 0.1) is 0 Å². The van der Waals surface area contributed by atoms with Crippen LogP contribution in [0.5, 0.6) is 5.75 Å². The van der Waals surface area contributed by atoms with Crippen molar-refractivity contribution in [3.05, 3.63) is 29.8 Å². The number of para-hydroxylation sites is 1. The van der Waals surface area contributed by atoms with Gasteiger partial charge in [0.1, 0.15) is 5.75 Å². The molecule has 0 unspecified atom stereocenters. The zero-order valence-corrected chi connectivity index (χ0v) is 16.3. The van der Waals surface area contributed by atoms with Gasteiger partial charge in [-0.05, 0) is 47.6 Å². The zero-order chi connectivity index (χ0) is 18.6. The molecule has 0 aliphatic rings. The molecule has 24 heavy (non-hydrogen) atoms. The number of carbonyl (C=O) groups excluding carboxylic acids is 1. The molecule has 136 valence electrons. The highest BCUT2D eigenvalue weighted by Gasteiger charge is 2.39. The van der Waals surface area contributed by atoms with E-state index in [1.807, 2.05) is 0 Å². The van der Waals surface area contributed by atoms with Crippen LogP contribution in [0.1, 0.15) is 47.1 Å². The van der Waals surface area contributed by atoms with Crippen LogP contribution in [-0.2, 0) is 29.6 Å². The second kappa shape index (κ2) is 7.68. The Morgan fingerprint density at radius 2 is 1.50 bits per heavy atom. The SMILES string of the molecule is COC(=O)Cc1ccccc1OP(=O)(OC(C)(C)C)OC(C)(C)C. The van der Waals surface area contributed by atoms with Gasteiger partial charge in [0.2, 0.25) is 0 Å². The van der Waals surface area contributed by atoms with Crippen LogP contribution in [0.15, 0.2) is 24.3 Å². The summed E-state index contributed by atoms with van der Waals surface area (Å²) in [6.07, 6.45) is -0.00227.